The lowest BCUT2D eigenvalue weighted by molar-refractivity contribution is 0.302. The number of ether oxygens (including phenoxy) is 1. The molecule has 2 aromatic heterocycles. The number of fused-ring (bicyclic) bond motifs is 1. The van der Waals surface area contributed by atoms with Gasteiger partial charge in [0.25, 0.3) is 0 Å². The monoisotopic (exact) mass is 287 g/mol. The average Bonchev–Trinajstić information content (AvgIpc) is 2.81. The Bertz CT molecular complexity index is 819. The summed E-state index contributed by atoms with van der Waals surface area (Å²) >= 11 is 1.60. The average molecular weight is 287 g/mol. The van der Waals surface area contributed by atoms with Gasteiger partial charge in [0, 0.05) is 22.9 Å². The van der Waals surface area contributed by atoms with Gasteiger partial charge in [0.1, 0.15) is 17.9 Å². The van der Waals surface area contributed by atoms with E-state index < -0.39 is 0 Å². The molecule has 20 heavy (non-hydrogen) atoms. The Morgan fingerprint density at radius 1 is 1.30 bits per heavy atom. The summed E-state index contributed by atoms with van der Waals surface area (Å²) in [7, 11) is 0. The van der Waals surface area contributed by atoms with Crippen LogP contribution in [0.2, 0.25) is 0 Å². The van der Waals surface area contributed by atoms with Gasteiger partial charge in [-0.15, -0.1) is 11.3 Å². The maximum absolute atomic E-state index is 11.4. The summed E-state index contributed by atoms with van der Waals surface area (Å²) in [6.07, 6.45) is 0. The molecular formula is C15H13NO3S. The molecule has 5 heteroatoms. The molecule has 0 aliphatic carbocycles. The van der Waals surface area contributed by atoms with E-state index in [1.807, 2.05) is 31.4 Å². The number of hydrogen-bond acceptors (Lipinski definition) is 5. The fraction of sp³-hybridized carbons (Fsp3) is 0.200. The lowest BCUT2D eigenvalue weighted by atomic mass is 10.1. The summed E-state index contributed by atoms with van der Waals surface area (Å²) in [6, 6.07) is 6.99. The molecule has 102 valence electrons. The van der Waals surface area contributed by atoms with Crippen molar-refractivity contribution in [1.82, 2.24) is 4.98 Å². The van der Waals surface area contributed by atoms with Crippen LogP contribution in [0.1, 0.15) is 16.3 Å². The predicted molar refractivity (Wildman–Crippen MR) is 78.4 cm³/mol. The van der Waals surface area contributed by atoms with Crippen molar-refractivity contribution < 1.29 is 9.15 Å². The first-order valence-electron chi connectivity index (χ1n) is 6.20. The van der Waals surface area contributed by atoms with Crippen molar-refractivity contribution in [3.63, 3.8) is 0 Å². The van der Waals surface area contributed by atoms with E-state index in [2.05, 4.69) is 4.98 Å². The number of hydrogen-bond donors (Lipinski definition) is 0. The second-order valence-electron chi connectivity index (χ2n) is 4.55. The van der Waals surface area contributed by atoms with Gasteiger partial charge in [0.05, 0.1) is 10.7 Å². The molecule has 0 spiro atoms. The van der Waals surface area contributed by atoms with Crippen LogP contribution in [0, 0.1) is 13.8 Å². The van der Waals surface area contributed by atoms with Gasteiger partial charge < -0.3 is 9.15 Å². The van der Waals surface area contributed by atoms with Crippen LogP contribution in [0.3, 0.4) is 0 Å². The summed E-state index contributed by atoms with van der Waals surface area (Å²) in [5.41, 5.74) is 2.00. The summed E-state index contributed by atoms with van der Waals surface area (Å²) < 4.78 is 10.9. The molecule has 0 unspecified atom stereocenters. The van der Waals surface area contributed by atoms with Gasteiger partial charge in [0.15, 0.2) is 0 Å². The Morgan fingerprint density at radius 3 is 2.90 bits per heavy atom. The molecule has 0 amide bonds. The molecule has 3 rings (SSSR count). The van der Waals surface area contributed by atoms with E-state index in [9.17, 15) is 4.79 Å². The maximum Gasteiger partial charge on any atom is 0.336 e. The Balaban J connectivity index is 1.87. The van der Waals surface area contributed by atoms with E-state index in [0.29, 0.717) is 17.9 Å². The van der Waals surface area contributed by atoms with Crippen LogP contribution < -0.4 is 10.4 Å². The van der Waals surface area contributed by atoms with Crippen molar-refractivity contribution in [3.05, 3.63) is 56.3 Å². The standard InChI is InChI=1S/C15H13NO3S/c1-9-5-15(17)19-14-6-12(3-4-13(9)14)18-7-11-8-20-10(2)16-11/h3-6,8H,7H2,1-2H3. The van der Waals surface area contributed by atoms with Crippen LogP contribution in [0.15, 0.2) is 38.9 Å². The summed E-state index contributed by atoms with van der Waals surface area (Å²) in [4.78, 5) is 15.7. The van der Waals surface area contributed by atoms with Crippen LogP contribution in [0.4, 0.5) is 0 Å². The number of thiazole rings is 1. The largest absolute Gasteiger partial charge is 0.487 e. The van der Waals surface area contributed by atoms with E-state index in [1.165, 1.54) is 6.07 Å². The molecule has 0 N–H and O–H groups in total. The molecule has 0 aliphatic heterocycles. The molecular weight excluding hydrogens is 274 g/mol. The highest BCUT2D eigenvalue weighted by Gasteiger charge is 2.05. The van der Waals surface area contributed by atoms with Crippen molar-refractivity contribution in [2.45, 2.75) is 20.5 Å². The Morgan fingerprint density at radius 2 is 2.15 bits per heavy atom. The zero-order chi connectivity index (χ0) is 14.1. The lowest BCUT2D eigenvalue weighted by Crippen LogP contribution is -1.99. The van der Waals surface area contributed by atoms with Crippen LogP contribution in [0.25, 0.3) is 11.0 Å². The van der Waals surface area contributed by atoms with Crippen molar-refractivity contribution in [2.75, 3.05) is 0 Å². The van der Waals surface area contributed by atoms with E-state index in [0.717, 1.165) is 21.7 Å². The summed E-state index contributed by atoms with van der Waals surface area (Å²) in [5.74, 6) is 0.664. The van der Waals surface area contributed by atoms with Gasteiger partial charge in [-0.25, -0.2) is 9.78 Å². The van der Waals surface area contributed by atoms with E-state index in [-0.39, 0.29) is 5.63 Å². The highest BCUT2D eigenvalue weighted by molar-refractivity contribution is 7.09. The third kappa shape index (κ3) is 2.58. The molecule has 0 atom stereocenters. The second-order valence-corrected chi connectivity index (χ2v) is 5.62. The zero-order valence-electron chi connectivity index (χ0n) is 11.2. The van der Waals surface area contributed by atoms with Crippen molar-refractivity contribution in [1.29, 1.82) is 0 Å². The first kappa shape index (κ1) is 12.9. The van der Waals surface area contributed by atoms with Gasteiger partial charge >= 0.3 is 5.63 Å². The molecule has 3 aromatic rings. The highest BCUT2D eigenvalue weighted by atomic mass is 32.1. The number of aromatic nitrogens is 1. The number of aryl methyl sites for hydroxylation is 2. The molecule has 1 aromatic carbocycles. The predicted octanol–water partition coefficient (Wildman–Crippen LogP) is 3.45. The fourth-order valence-corrected chi connectivity index (χ4v) is 2.62. The normalized spacial score (nSPS) is 10.9. The molecule has 0 aliphatic rings. The second kappa shape index (κ2) is 5.09. The SMILES string of the molecule is Cc1nc(COc2ccc3c(C)cc(=O)oc3c2)cs1. The highest BCUT2D eigenvalue weighted by Crippen LogP contribution is 2.23. The van der Waals surface area contributed by atoms with E-state index in [1.54, 1.807) is 17.4 Å². The Kier molecular flexibility index (Phi) is 3.28. The Labute approximate surface area is 119 Å². The van der Waals surface area contributed by atoms with Crippen LogP contribution in [0.5, 0.6) is 5.75 Å². The summed E-state index contributed by atoms with van der Waals surface area (Å²) in [5, 5.41) is 3.91. The number of rotatable bonds is 3. The third-order valence-electron chi connectivity index (χ3n) is 2.98. The molecule has 0 radical (unpaired) electrons. The van der Waals surface area contributed by atoms with Crippen LogP contribution >= 0.6 is 11.3 Å². The van der Waals surface area contributed by atoms with E-state index in [4.69, 9.17) is 9.15 Å². The zero-order valence-corrected chi connectivity index (χ0v) is 12.0. The summed E-state index contributed by atoms with van der Waals surface area (Å²) in [6.45, 7) is 4.26. The maximum atomic E-state index is 11.4. The van der Waals surface area contributed by atoms with Gasteiger partial charge in [-0.1, -0.05) is 0 Å². The van der Waals surface area contributed by atoms with Crippen molar-refractivity contribution in [2.24, 2.45) is 0 Å². The van der Waals surface area contributed by atoms with Gasteiger partial charge in [-0.05, 0) is 31.5 Å². The van der Waals surface area contributed by atoms with E-state index >= 15 is 0 Å². The smallest absolute Gasteiger partial charge is 0.336 e. The molecule has 2 heterocycles. The molecule has 4 nitrogen and oxygen atoms in total. The number of nitrogens with zero attached hydrogens (tertiary/aromatic N) is 1. The van der Waals surface area contributed by atoms with Gasteiger partial charge in [-0.3, -0.25) is 0 Å². The minimum absolute atomic E-state index is 0.345. The van der Waals surface area contributed by atoms with Crippen molar-refractivity contribution in [3.8, 4) is 5.75 Å². The first-order valence-corrected chi connectivity index (χ1v) is 7.08. The molecule has 0 fully saturated rings. The van der Waals surface area contributed by atoms with Gasteiger partial charge in [-0.2, -0.15) is 0 Å². The fourth-order valence-electron chi connectivity index (χ4n) is 2.03. The van der Waals surface area contributed by atoms with Crippen LogP contribution in [-0.4, -0.2) is 4.98 Å². The molecule has 0 bridgehead atoms. The molecule has 0 saturated heterocycles. The quantitative estimate of drug-likeness (QED) is 0.692. The Hall–Kier alpha value is -2.14. The third-order valence-corrected chi connectivity index (χ3v) is 3.80. The topological polar surface area (TPSA) is 52.3 Å². The van der Waals surface area contributed by atoms with Crippen molar-refractivity contribution >= 4 is 22.3 Å². The minimum Gasteiger partial charge on any atom is -0.487 e. The van der Waals surface area contributed by atoms with Crippen LogP contribution in [-0.2, 0) is 6.61 Å². The lowest BCUT2D eigenvalue weighted by Gasteiger charge is -2.06. The number of benzene rings is 1. The first-order chi connectivity index (χ1) is 9.61. The van der Waals surface area contributed by atoms with Gasteiger partial charge in [0.2, 0.25) is 0 Å². The molecule has 0 saturated carbocycles. The minimum atomic E-state index is -0.345.